The van der Waals surface area contributed by atoms with Crippen molar-refractivity contribution in [3.63, 3.8) is 0 Å². The summed E-state index contributed by atoms with van der Waals surface area (Å²) in [5.74, 6) is 0. The van der Waals surface area contributed by atoms with Gasteiger partial charge in [-0.1, -0.05) is 78.5 Å². The van der Waals surface area contributed by atoms with E-state index in [0.29, 0.717) is 39.0 Å². The van der Waals surface area contributed by atoms with Crippen LogP contribution < -0.4 is 0 Å². The number of furan rings is 1. The fourth-order valence-electron chi connectivity index (χ4n) is 7.80. The number of hydrogen-bond acceptors (Lipinski definition) is 4. The number of nitrogens with zero attached hydrogens (tertiary/aromatic N) is 3. The summed E-state index contributed by atoms with van der Waals surface area (Å²) in [5.41, 5.74) is 10.5. The van der Waals surface area contributed by atoms with E-state index in [0.717, 1.165) is 36.6 Å². The van der Waals surface area contributed by atoms with Gasteiger partial charge in [0.05, 0.1) is 5.58 Å². The number of rotatable bonds is 3. The summed E-state index contributed by atoms with van der Waals surface area (Å²) in [5, 5.41) is 1.44. The van der Waals surface area contributed by atoms with Crippen molar-refractivity contribution in [2.24, 2.45) is 5.41 Å². The molecule has 4 aromatic carbocycles. The topological polar surface area (TPSA) is 51.8 Å². The first-order valence-electron chi connectivity index (χ1n) is 23.1. The van der Waals surface area contributed by atoms with E-state index in [1.807, 2.05) is 12.1 Å². The Bertz CT molecular complexity index is 2980. The molecule has 53 heavy (non-hydrogen) atoms. The van der Waals surface area contributed by atoms with Gasteiger partial charge in [0.25, 0.3) is 0 Å². The first kappa shape index (κ1) is 23.4. The molecule has 4 nitrogen and oxygen atoms in total. The maximum Gasteiger partial charge on any atom is 0.216 e. The van der Waals surface area contributed by atoms with Crippen LogP contribution in [0.3, 0.4) is 0 Å². The van der Waals surface area contributed by atoms with Crippen LogP contribution in [0.1, 0.15) is 61.1 Å². The zero-order chi connectivity index (χ0) is 45.4. The van der Waals surface area contributed by atoms with Crippen LogP contribution in [-0.4, -0.2) is 15.0 Å². The monoisotopic (exact) mass is 878 g/mol. The number of aryl methyl sites for hydroxylation is 4. The standard InChI is InChI=1S/C35H27N2O.C13H12N.Ir/c1-21-20-36-32(30-9-5-8-28-29-13-10-22(2)37-34(29)38-33(28)30)15-31(21)23-11-12-26-18-35(19-27(26)14-23)16-24-6-3-4-7-25(24)17-35;1-10-3-6-12(7-4-10)13-8-5-11(2)9-14-13;/h3-8,10-15,20H,16-19H2,1-2H3;3-6,8-9H,1-2H3;/q2*-1;/i2*1D3,2D3;. The third-order valence-electron chi connectivity index (χ3n) is 10.2. The van der Waals surface area contributed by atoms with Gasteiger partial charge in [-0.15, -0.1) is 53.6 Å². The van der Waals surface area contributed by atoms with E-state index in [1.165, 1.54) is 58.9 Å². The molecule has 0 amide bonds. The summed E-state index contributed by atoms with van der Waals surface area (Å²) in [6.45, 7) is -9.06. The van der Waals surface area contributed by atoms with Gasteiger partial charge in [-0.25, -0.2) is 4.98 Å². The average molecular weight is 878 g/mol. The normalized spacial score (nSPS) is 18.0. The van der Waals surface area contributed by atoms with Crippen LogP contribution in [0.4, 0.5) is 0 Å². The maximum atomic E-state index is 8.28. The summed E-state index contributed by atoms with van der Waals surface area (Å²) in [6, 6.07) is 37.3. The Morgan fingerprint density at radius 1 is 0.679 bits per heavy atom. The molecule has 0 saturated carbocycles. The Hall–Kier alpha value is -5.22. The van der Waals surface area contributed by atoms with E-state index in [2.05, 4.69) is 63.5 Å². The predicted octanol–water partition coefficient (Wildman–Crippen LogP) is 11.2. The third kappa shape index (κ3) is 6.65. The fraction of sp³-hybridized carbons (Fsp3) is 0.188. The zero-order valence-electron chi connectivity index (χ0n) is 40.4. The molecule has 0 unspecified atom stereocenters. The van der Waals surface area contributed by atoms with Crippen LogP contribution >= 0.6 is 0 Å². The fourth-order valence-corrected chi connectivity index (χ4v) is 7.80. The maximum absolute atomic E-state index is 8.28. The van der Waals surface area contributed by atoms with Gasteiger partial charge in [0.1, 0.15) is 0 Å². The van der Waals surface area contributed by atoms with Gasteiger partial charge in [0.2, 0.25) is 5.71 Å². The minimum atomic E-state index is -2.36. The van der Waals surface area contributed by atoms with Gasteiger partial charge < -0.3 is 14.4 Å². The summed E-state index contributed by atoms with van der Waals surface area (Å²) >= 11 is 0. The Morgan fingerprint density at radius 3 is 2.21 bits per heavy atom. The van der Waals surface area contributed by atoms with Crippen molar-refractivity contribution in [3.05, 3.63) is 172 Å². The molecule has 0 fully saturated rings. The molecular formula is C48H39IrN3O-2. The summed E-state index contributed by atoms with van der Waals surface area (Å²) < 4.78 is 97.8. The predicted molar refractivity (Wildman–Crippen MR) is 210 cm³/mol. The molecule has 8 aromatic rings. The molecule has 0 N–H and O–H groups in total. The summed E-state index contributed by atoms with van der Waals surface area (Å²) in [7, 11) is 0. The number of hydrogen-bond donors (Lipinski definition) is 0. The van der Waals surface area contributed by atoms with Crippen molar-refractivity contribution < 1.29 is 41.0 Å². The minimum Gasteiger partial charge on any atom is -0.486 e. The summed E-state index contributed by atoms with van der Waals surface area (Å²) in [4.78, 5) is 12.9. The van der Waals surface area contributed by atoms with E-state index < -0.39 is 27.4 Å². The van der Waals surface area contributed by atoms with Gasteiger partial charge in [-0.2, -0.15) is 0 Å². The largest absolute Gasteiger partial charge is 0.486 e. The minimum absolute atomic E-state index is 0. The zero-order valence-corrected chi connectivity index (χ0v) is 30.8. The van der Waals surface area contributed by atoms with Crippen LogP contribution in [-0.2, 0) is 45.8 Å². The van der Waals surface area contributed by atoms with Crippen LogP contribution in [0, 0.1) is 45.0 Å². The van der Waals surface area contributed by atoms with E-state index >= 15 is 0 Å². The van der Waals surface area contributed by atoms with Crippen molar-refractivity contribution in [2.45, 2.75) is 53.1 Å². The molecule has 4 heterocycles. The Kier molecular flexibility index (Phi) is 6.18. The van der Waals surface area contributed by atoms with Crippen molar-refractivity contribution in [1.82, 2.24) is 15.0 Å². The van der Waals surface area contributed by atoms with Crippen LogP contribution in [0.2, 0.25) is 0 Å². The van der Waals surface area contributed by atoms with Gasteiger partial charge in [-0.05, 0) is 120 Å². The van der Waals surface area contributed by atoms with Gasteiger partial charge in [0.15, 0.2) is 0 Å². The second kappa shape index (κ2) is 14.0. The number of pyridine rings is 3. The second-order valence-electron chi connectivity index (χ2n) is 13.7. The van der Waals surface area contributed by atoms with Crippen LogP contribution in [0.15, 0.2) is 120 Å². The smallest absolute Gasteiger partial charge is 0.216 e. The van der Waals surface area contributed by atoms with Crippen molar-refractivity contribution in [2.75, 3.05) is 0 Å². The van der Waals surface area contributed by atoms with E-state index in [9.17, 15) is 0 Å². The SMILES string of the molecule is [2H]C([2H])([2H])c1c[c-]c(-c2ccc(C([2H])([2H])[2H])cn2)cc1.[2H]C([2H])([2H])c1ccc2c(n1)oc1c(-c3cc(-c4ccc5c(c4)CC4(Cc6ccccc6C4)C5)c(C([2H])([2H])[2H])cn3)[c-]ccc12.[Ir]. The van der Waals surface area contributed by atoms with E-state index in [4.69, 9.17) is 20.9 Å². The van der Waals surface area contributed by atoms with E-state index in [-0.39, 0.29) is 53.6 Å². The second-order valence-corrected chi connectivity index (χ2v) is 13.7. The number of fused-ring (bicyclic) bond motifs is 5. The molecule has 0 saturated heterocycles. The molecule has 2 aliphatic rings. The molecule has 1 radical (unpaired) electrons. The van der Waals surface area contributed by atoms with Crippen molar-refractivity contribution >= 4 is 22.1 Å². The average Bonchev–Trinajstić information content (AvgIpc) is 3.93. The molecule has 0 aliphatic heterocycles. The molecule has 0 atom stereocenters. The summed E-state index contributed by atoms with van der Waals surface area (Å²) in [6.07, 6.45) is 6.84. The third-order valence-corrected chi connectivity index (χ3v) is 10.2. The molecule has 263 valence electrons. The van der Waals surface area contributed by atoms with E-state index in [1.54, 1.807) is 30.3 Å². The van der Waals surface area contributed by atoms with Crippen LogP contribution in [0.5, 0.6) is 0 Å². The Labute approximate surface area is 341 Å². The Morgan fingerprint density at radius 2 is 1.47 bits per heavy atom. The number of aromatic nitrogens is 3. The first-order chi connectivity index (χ1) is 30.1. The molecule has 10 rings (SSSR count). The van der Waals surface area contributed by atoms with Gasteiger partial charge in [0, 0.05) is 60.0 Å². The molecule has 2 aliphatic carbocycles. The van der Waals surface area contributed by atoms with Gasteiger partial charge >= 0.3 is 0 Å². The van der Waals surface area contributed by atoms with Crippen molar-refractivity contribution in [1.29, 1.82) is 0 Å². The first-order valence-corrected chi connectivity index (χ1v) is 17.1. The quantitative estimate of drug-likeness (QED) is 0.166. The van der Waals surface area contributed by atoms with Crippen molar-refractivity contribution in [3.8, 4) is 33.6 Å². The van der Waals surface area contributed by atoms with Crippen LogP contribution in [0.25, 0.3) is 55.7 Å². The number of benzene rings is 4. The molecule has 4 aromatic heterocycles. The Balaban J connectivity index is 0.000000232. The molecular weight excluding hydrogens is 827 g/mol. The molecule has 1 spiro atoms. The van der Waals surface area contributed by atoms with Gasteiger partial charge in [-0.3, -0.25) is 0 Å². The molecule has 0 bridgehead atoms. The molecule has 5 heteroatoms.